The number of carbonyl (C=O) groups excluding carboxylic acids is 1. The van der Waals surface area contributed by atoms with E-state index in [4.69, 9.17) is 0 Å². The third kappa shape index (κ3) is 3.18. The first-order valence-corrected chi connectivity index (χ1v) is 7.76. The van der Waals surface area contributed by atoms with Gasteiger partial charge in [0, 0.05) is 19.0 Å². The molecule has 0 unspecified atom stereocenters. The predicted molar refractivity (Wildman–Crippen MR) is 82.5 cm³/mol. The van der Waals surface area contributed by atoms with Crippen LogP contribution in [0.3, 0.4) is 0 Å². The van der Waals surface area contributed by atoms with Crippen molar-refractivity contribution in [2.75, 3.05) is 13.1 Å². The molecule has 116 valence electrons. The van der Waals surface area contributed by atoms with Crippen LogP contribution in [0, 0.1) is 13.8 Å². The molecule has 0 radical (unpaired) electrons. The lowest BCUT2D eigenvalue weighted by Crippen LogP contribution is -2.40. The quantitative estimate of drug-likeness (QED) is 0.874. The normalized spacial score (nSPS) is 18.5. The van der Waals surface area contributed by atoms with Crippen LogP contribution in [0.5, 0.6) is 0 Å². The monoisotopic (exact) mass is 299 g/mol. The van der Waals surface area contributed by atoms with Gasteiger partial charge in [-0.25, -0.2) is 4.63 Å². The highest BCUT2D eigenvalue weighted by Crippen LogP contribution is 2.27. The lowest BCUT2D eigenvalue weighted by Gasteiger charge is -2.33. The van der Waals surface area contributed by atoms with Crippen molar-refractivity contribution < 1.29 is 9.42 Å². The van der Waals surface area contributed by atoms with E-state index in [-0.39, 0.29) is 12.3 Å². The fourth-order valence-electron chi connectivity index (χ4n) is 3.06. The molecule has 1 aliphatic heterocycles. The second kappa shape index (κ2) is 6.30. The zero-order chi connectivity index (χ0) is 15.5. The minimum Gasteiger partial charge on any atom is -0.342 e. The zero-order valence-electron chi connectivity index (χ0n) is 13.1. The van der Waals surface area contributed by atoms with Gasteiger partial charge < -0.3 is 4.90 Å². The summed E-state index contributed by atoms with van der Waals surface area (Å²) in [5, 5.41) is 7.54. The first-order valence-electron chi connectivity index (χ1n) is 7.76. The molecule has 1 atom stereocenters. The number of hydrogen-bond donors (Lipinski definition) is 0. The average molecular weight is 299 g/mol. The first-order chi connectivity index (χ1) is 10.6. The maximum Gasteiger partial charge on any atom is 0.228 e. The molecule has 2 heterocycles. The summed E-state index contributed by atoms with van der Waals surface area (Å²) in [6.45, 7) is 5.53. The van der Waals surface area contributed by atoms with E-state index in [1.54, 1.807) is 0 Å². The van der Waals surface area contributed by atoms with E-state index in [9.17, 15) is 4.79 Å². The van der Waals surface area contributed by atoms with Gasteiger partial charge in [-0.2, -0.15) is 0 Å². The van der Waals surface area contributed by atoms with Crippen LogP contribution in [0.2, 0.25) is 0 Å². The number of piperidine rings is 1. The van der Waals surface area contributed by atoms with E-state index in [0.717, 1.165) is 25.9 Å². The van der Waals surface area contributed by atoms with Gasteiger partial charge in [0.1, 0.15) is 11.4 Å². The molecular weight excluding hydrogens is 278 g/mol. The van der Waals surface area contributed by atoms with Gasteiger partial charge in [0.25, 0.3) is 0 Å². The standard InChI is InChI=1S/C17H21N3O2/c1-12-5-3-6-14(9-12)15-7-4-8-20(11-15)17(21)10-16-13(2)18-22-19-16/h3,5-6,9,15H,4,7-8,10-11H2,1-2H3/t15-/m0/s1. The summed E-state index contributed by atoms with van der Waals surface area (Å²) in [5.41, 5.74) is 3.94. The molecule has 1 aromatic heterocycles. The van der Waals surface area contributed by atoms with E-state index in [0.29, 0.717) is 17.3 Å². The minimum absolute atomic E-state index is 0.108. The van der Waals surface area contributed by atoms with Gasteiger partial charge in [0.2, 0.25) is 5.91 Å². The van der Waals surface area contributed by atoms with E-state index >= 15 is 0 Å². The van der Waals surface area contributed by atoms with Gasteiger partial charge in [-0.15, -0.1) is 0 Å². The lowest BCUT2D eigenvalue weighted by molar-refractivity contribution is -0.131. The number of amides is 1. The van der Waals surface area contributed by atoms with Crippen molar-refractivity contribution in [1.29, 1.82) is 0 Å². The van der Waals surface area contributed by atoms with Crippen molar-refractivity contribution in [2.45, 2.75) is 39.0 Å². The number of carbonyl (C=O) groups is 1. The lowest BCUT2D eigenvalue weighted by atomic mass is 9.89. The third-order valence-corrected chi connectivity index (χ3v) is 4.35. The smallest absolute Gasteiger partial charge is 0.228 e. The molecule has 1 amide bonds. The Kier molecular flexibility index (Phi) is 4.22. The number of aryl methyl sites for hydroxylation is 2. The molecule has 0 bridgehead atoms. The van der Waals surface area contributed by atoms with Crippen LogP contribution in [0.15, 0.2) is 28.9 Å². The Morgan fingerprint density at radius 3 is 2.95 bits per heavy atom. The van der Waals surface area contributed by atoms with E-state index < -0.39 is 0 Å². The van der Waals surface area contributed by atoms with Gasteiger partial charge in [0.15, 0.2) is 0 Å². The Morgan fingerprint density at radius 2 is 2.23 bits per heavy atom. The molecule has 0 aliphatic carbocycles. The van der Waals surface area contributed by atoms with Crippen LogP contribution in [0.1, 0.15) is 41.3 Å². The van der Waals surface area contributed by atoms with Gasteiger partial charge in [-0.05, 0) is 32.3 Å². The molecule has 1 aliphatic rings. The number of benzene rings is 1. The molecule has 22 heavy (non-hydrogen) atoms. The number of nitrogens with zero attached hydrogens (tertiary/aromatic N) is 3. The Labute approximate surface area is 130 Å². The topological polar surface area (TPSA) is 59.2 Å². The molecule has 0 saturated carbocycles. The molecule has 1 aromatic carbocycles. The van der Waals surface area contributed by atoms with Crippen molar-refractivity contribution >= 4 is 5.91 Å². The Balaban J connectivity index is 1.67. The van der Waals surface area contributed by atoms with Crippen molar-refractivity contribution in [2.24, 2.45) is 0 Å². The third-order valence-electron chi connectivity index (χ3n) is 4.35. The van der Waals surface area contributed by atoms with Crippen LogP contribution in [0.4, 0.5) is 0 Å². The molecule has 2 aromatic rings. The highest BCUT2D eigenvalue weighted by atomic mass is 16.6. The number of rotatable bonds is 3. The van der Waals surface area contributed by atoms with Crippen molar-refractivity contribution in [3.8, 4) is 0 Å². The first kappa shape index (κ1) is 14.8. The SMILES string of the molecule is Cc1cccc([C@H]2CCCN(C(=O)Cc3nonc3C)C2)c1. The van der Waals surface area contributed by atoms with Crippen LogP contribution in [0.25, 0.3) is 0 Å². The van der Waals surface area contributed by atoms with E-state index in [1.165, 1.54) is 11.1 Å². The summed E-state index contributed by atoms with van der Waals surface area (Å²) < 4.78 is 4.67. The second-order valence-electron chi connectivity index (χ2n) is 6.07. The Bertz CT molecular complexity index is 665. The summed E-state index contributed by atoms with van der Waals surface area (Å²) in [6.07, 6.45) is 2.45. The van der Waals surface area contributed by atoms with Crippen molar-refractivity contribution in [1.82, 2.24) is 15.2 Å². The summed E-state index contributed by atoms with van der Waals surface area (Å²) >= 11 is 0. The molecule has 0 spiro atoms. The van der Waals surface area contributed by atoms with E-state index in [2.05, 4.69) is 46.1 Å². The van der Waals surface area contributed by atoms with E-state index in [1.807, 2.05) is 11.8 Å². The van der Waals surface area contributed by atoms with Gasteiger partial charge >= 0.3 is 0 Å². The average Bonchev–Trinajstić information content (AvgIpc) is 2.92. The molecule has 5 heteroatoms. The molecule has 5 nitrogen and oxygen atoms in total. The molecule has 1 fully saturated rings. The molecule has 3 rings (SSSR count). The highest BCUT2D eigenvalue weighted by molar-refractivity contribution is 5.78. The maximum absolute atomic E-state index is 12.5. The number of likely N-dealkylation sites (tertiary alicyclic amines) is 1. The molecular formula is C17H21N3O2. The Morgan fingerprint density at radius 1 is 1.36 bits per heavy atom. The second-order valence-corrected chi connectivity index (χ2v) is 6.07. The van der Waals surface area contributed by atoms with Crippen LogP contribution in [-0.2, 0) is 11.2 Å². The van der Waals surface area contributed by atoms with Crippen LogP contribution >= 0.6 is 0 Å². The van der Waals surface area contributed by atoms with Gasteiger partial charge in [-0.3, -0.25) is 4.79 Å². The fraction of sp³-hybridized carbons (Fsp3) is 0.471. The van der Waals surface area contributed by atoms with Crippen molar-refractivity contribution in [3.05, 3.63) is 46.8 Å². The Hall–Kier alpha value is -2.17. The minimum atomic E-state index is 0.108. The van der Waals surface area contributed by atoms with Gasteiger partial charge in [-0.1, -0.05) is 40.1 Å². The van der Waals surface area contributed by atoms with Crippen LogP contribution in [-0.4, -0.2) is 34.2 Å². The summed E-state index contributed by atoms with van der Waals surface area (Å²) in [6, 6.07) is 8.59. The zero-order valence-corrected chi connectivity index (χ0v) is 13.1. The van der Waals surface area contributed by atoms with Gasteiger partial charge in [0.05, 0.1) is 6.42 Å². The summed E-state index contributed by atoms with van der Waals surface area (Å²) in [5.74, 6) is 0.533. The predicted octanol–water partition coefficient (Wildman–Crippen LogP) is 2.64. The molecule has 0 N–H and O–H groups in total. The number of hydrogen-bond acceptors (Lipinski definition) is 4. The summed E-state index contributed by atoms with van der Waals surface area (Å²) in [4.78, 5) is 14.4. The molecule has 1 saturated heterocycles. The fourth-order valence-corrected chi connectivity index (χ4v) is 3.06. The maximum atomic E-state index is 12.5. The highest BCUT2D eigenvalue weighted by Gasteiger charge is 2.25. The largest absolute Gasteiger partial charge is 0.342 e. The number of aromatic nitrogens is 2. The summed E-state index contributed by atoms with van der Waals surface area (Å²) in [7, 11) is 0. The van der Waals surface area contributed by atoms with Crippen LogP contribution < -0.4 is 0 Å². The van der Waals surface area contributed by atoms with Crippen molar-refractivity contribution in [3.63, 3.8) is 0 Å².